The number of aryl methyl sites for hydroxylation is 1. The SMILES string of the molecule is CC(NC(=O)CCc1nc(-c2cccs2)no1)c1cc(F)ccc1N1CCN(C)CC1. The Morgan fingerprint density at radius 1 is 1.29 bits per heavy atom. The summed E-state index contributed by atoms with van der Waals surface area (Å²) in [6.07, 6.45) is 0.570. The van der Waals surface area contributed by atoms with Gasteiger partial charge in [-0.15, -0.1) is 11.3 Å². The van der Waals surface area contributed by atoms with E-state index in [1.165, 1.54) is 23.5 Å². The van der Waals surface area contributed by atoms with Crippen molar-refractivity contribution >= 4 is 22.9 Å². The Hall–Kier alpha value is -2.78. The third-order valence-electron chi connectivity index (χ3n) is 5.45. The Bertz CT molecular complexity index is 1010. The van der Waals surface area contributed by atoms with E-state index < -0.39 is 0 Å². The van der Waals surface area contributed by atoms with Crippen molar-refractivity contribution in [1.29, 1.82) is 0 Å². The number of likely N-dealkylation sites (N-methyl/N-ethyl adjacent to an activating group) is 1. The molecule has 4 rings (SSSR count). The van der Waals surface area contributed by atoms with Crippen LogP contribution in [0.5, 0.6) is 0 Å². The first-order valence-corrected chi connectivity index (χ1v) is 11.3. The van der Waals surface area contributed by atoms with Gasteiger partial charge in [-0.3, -0.25) is 4.79 Å². The maximum Gasteiger partial charge on any atom is 0.227 e. The Morgan fingerprint density at radius 3 is 2.84 bits per heavy atom. The number of aromatic nitrogens is 2. The molecule has 3 heterocycles. The first-order chi connectivity index (χ1) is 15.0. The van der Waals surface area contributed by atoms with E-state index in [1.54, 1.807) is 0 Å². The molecule has 1 aliphatic rings. The molecule has 0 saturated carbocycles. The standard InChI is InChI=1S/C22H26FN5O2S/c1-15(17-14-16(23)5-6-18(17)28-11-9-27(2)10-12-28)24-20(29)7-8-21-25-22(26-30-21)19-4-3-13-31-19/h3-6,13-15H,7-12H2,1-2H3,(H,24,29). The van der Waals surface area contributed by atoms with E-state index in [0.29, 0.717) is 18.1 Å². The highest BCUT2D eigenvalue weighted by Crippen LogP contribution is 2.28. The molecule has 0 bridgehead atoms. The molecule has 164 valence electrons. The molecule has 7 nitrogen and oxygen atoms in total. The zero-order valence-corrected chi connectivity index (χ0v) is 18.5. The Kier molecular flexibility index (Phi) is 6.62. The van der Waals surface area contributed by atoms with Gasteiger partial charge in [0, 0.05) is 50.3 Å². The van der Waals surface area contributed by atoms with Gasteiger partial charge in [-0.1, -0.05) is 11.2 Å². The second kappa shape index (κ2) is 9.57. The fraction of sp³-hybridized carbons (Fsp3) is 0.409. The van der Waals surface area contributed by atoms with Gasteiger partial charge in [0.25, 0.3) is 0 Å². The van der Waals surface area contributed by atoms with Gasteiger partial charge in [0.15, 0.2) is 0 Å². The number of nitrogens with one attached hydrogen (secondary N) is 1. The predicted octanol–water partition coefficient (Wildman–Crippen LogP) is 3.50. The van der Waals surface area contributed by atoms with E-state index in [2.05, 4.69) is 32.3 Å². The zero-order chi connectivity index (χ0) is 21.8. The fourth-order valence-electron chi connectivity index (χ4n) is 3.68. The number of nitrogens with zero attached hydrogens (tertiary/aromatic N) is 4. The molecule has 3 aromatic rings. The van der Waals surface area contributed by atoms with Crippen LogP contribution in [0.15, 0.2) is 40.2 Å². The third-order valence-corrected chi connectivity index (χ3v) is 6.32. The maximum atomic E-state index is 14.0. The van der Waals surface area contributed by atoms with Crippen LogP contribution in [0.25, 0.3) is 10.7 Å². The lowest BCUT2D eigenvalue weighted by atomic mass is 10.0. The number of anilines is 1. The molecule has 9 heteroatoms. The summed E-state index contributed by atoms with van der Waals surface area (Å²) in [5, 5.41) is 8.90. The van der Waals surface area contributed by atoms with Gasteiger partial charge in [-0.05, 0) is 43.6 Å². The zero-order valence-electron chi connectivity index (χ0n) is 17.7. The monoisotopic (exact) mass is 443 g/mol. The van der Waals surface area contributed by atoms with Crippen molar-refractivity contribution in [3.05, 3.63) is 53.0 Å². The first-order valence-electron chi connectivity index (χ1n) is 10.4. The summed E-state index contributed by atoms with van der Waals surface area (Å²) in [6.45, 7) is 5.54. The molecule has 0 aliphatic carbocycles. The van der Waals surface area contributed by atoms with Gasteiger partial charge >= 0.3 is 0 Å². The number of halogens is 1. The minimum atomic E-state index is -0.317. The lowest BCUT2D eigenvalue weighted by Crippen LogP contribution is -2.45. The van der Waals surface area contributed by atoms with E-state index in [4.69, 9.17) is 4.52 Å². The summed E-state index contributed by atoms with van der Waals surface area (Å²) in [5.74, 6) is 0.517. The second-order valence-corrected chi connectivity index (χ2v) is 8.72. The average Bonchev–Trinajstić information content (AvgIpc) is 3.45. The molecule has 1 saturated heterocycles. The van der Waals surface area contributed by atoms with Gasteiger partial charge in [-0.2, -0.15) is 4.98 Å². The smallest absolute Gasteiger partial charge is 0.227 e. The Labute approximate surface area is 184 Å². The average molecular weight is 444 g/mol. The van der Waals surface area contributed by atoms with Crippen LogP contribution in [0.3, 0.4) is 0 Å². The summed E-state index contributed by atoms with van der Waals surface area (Å²) >= 11 is 1.53. The van der Waals surface area contributed by atoms with Gasteiger partial charge in [0.2, 0.25) is 17.6 Å². The van der Waals surface area contributed by atoms with Crippen molar-refractivity contribution in [2.45, 2.75) is 25.8 Å². The molecule has 31 heavy (non-hydrogen) atoms. The number of hydrogen-bond donors (Lipinski definition) is 1. The van der Waals surface area contributed by atoms with Crippen molar-refractivity contribution in [2.75, 3.05) is 38.1 Å². The molecule has 1 fully saturated rings. The van der Waals surface area contributed by atoms with Crippen LogP contribution in [-0.4, -0.2) is 54.2 Å². The van der Waals surface area contributed by atoms with Crippen LogP contribution in [0, 0.1) is 5.82 Å². The number of benzene rings is 1. The van der Waals surface area contributed by atoms with Gasteiger partial charge in [0.05, 0.1) is 10.9 Å². The third kappa shape index (κ3) is 5.29. The lowest BCUT2D eigenvalue weighted by molar-refractivity contribution is -0.121. The molecule has 1 unspecified atom stereocenters. The first kappa shape index (κ1) is 21.5. The van der Waals surface area contributed by atoms with Crippen molar-refractivity contribution < 1.29 is 13.7 Å². The molecule has 2 aromatic heterocycles. The van der Waals surface area contributed by atoms with E-state index in [1.807, 2.05) is 30.5 Å². The number of thiophene rings is 1. The highest BCUT2D eigenvalue weighted by atomic mass is 32.1. The lowest BCUT2D eigenvalue weighted by Gasteiger charge is -2.36. The number of rotatable bonds is 7. The maximum absolute atomic E-state index is 14.0. The molecular formula is C22H26FN5O2S. The Balaban J connectivity index is 1.37. The number of amides is 1. The molecule has 1 aromatic carbocycles. The van der Waals surface area contributed by atoms with Crippen LogP contribution in [0.1, 0.15) is 30.8 Å². The minimum Gasteiger partial charge on any atom is -0.369 e. The van der Waals surface area contributed by atoms with E-state index in [0.717, 1.165) is 42.3 Å². The normalized spacial score (nSPS) is 15.8. The van der Waals surface area contributed by atoms with Crippen molar-refractivity contribution in [1.82, 2.24) is 20.4 Å². The van der Waals surface area contributed by atoms with Gasteiger partial charge in [-0.25, -0.2) is 4.39 Å². The van der Waals surface area contributed by atoms with Crippen molar-refractivity contribution in [3.63, 3.8) is 0 Å². The van der Waals surface area contributed by atoms with E-state index in [9.17, 15) is 9.18 Å². The summed E-state index contributed by atoms with van der Waals surface area (Å²) in [4.78, 5) is 22.3. The fourth-order valence-corrected chi connectivity index (χ4v) is 4.33. The summed E-state index contributed by atoms with van der Waals surface area (Å²) in [7, 11) is 2.10. The quantitative estimate of drug-likeness (QED) is 0.603. The van der Waals surface area contributed by atoms with Crippen molar-refractivity contribution in [2.24, 2.45) is 0 Å². The van der Waals surface area contributed by atoms with Crippen LogP contribution in [-0.2, 0) is 11.2 Å². The number of hydrogen-bond acceptors (Lipinski definition) is 7. The van der Waals surface area contributed by atoms with E-state index >= 15 is 0 Å². The van der Waals surface area contributed by atoms with Crippen molar-refractivity contribution in [3.8, 4) is 10.7 Å². The molecular weight excluding hydrogens is 417 g/mol. The topological polar surface area (TPSA) is 74.5 Å². The number of piperazine rings is 1. The molecule has 1 amide bonds. The predicted molar refractivity (Wildman–Crippen MR) is 119 cm³/mol. The Morgan fingerprint density at radius 2 is 2.10 bits per heavy atom. The largest absolute Gasteiger partial charge is 0.369 e. The highest BCUT2D eigenvalue weighted by Gasteiger charge is 2.21. The van der Waals surface area contributed by atoms with Gasteiger partial charge in [0.1, 0.15) is 5.82 Å². The minimum absolute atomic E-state index is 0.142. The van der Waals surface area contributed by atoms with Crippen LogP contribution in [0.4, 0.5) is 10.1 Å². The number of carbonyl (C=O) groups excluding carboxylic acids is 1. The van der Waals surface area contributed by atoms with Crippen LogP contribution in [0.2, 0.25) is 0 Å². The molecule has 1 aliphatic heterocycles. The van der Waals surface area contributed by atoms with Crippen LogP contribution >= 0.6 is 11.3 Å². The molecule has 1 atom stereocenters. The highest BCUT2D eigenvalue weighted by molar-refractivity contribution is 7.13. The summed E-state index contributed by atoms with van der Waals surface area (Å²) < 4.78 is 19.3. The molecule has 1 N–H and O–H groups in total. The van der Waals surface area contributed by atoms with E-state index in [-0.39, 0.29) is 24.2 Å². The summed E-state index contributed by atoms with van der Waals surface area (Å²) in [6, 6.07) is 8.33. The second-order valence-electron chi connectivity index (χ2n) is 7.77. The molecule has 0 spiro atoms. The summed E-state index contributed by atoms with van der Waals surface area (Å²) in [5.41, 5.74) is 1.76. The molecule has 0 radical (unpaired) electrons. The van der Waals surface area contributed by atoms with Crippen LogP contribution < -0.4 is 10.2 Å². The number of carbonyl (C=O) groups is 1. The van der Waals surface area contributed by atoms with Gasteiger partial charge < -0.3 is 19.6 Å².